The van der Waals surface area contributed by atoms with Gasteiger partial charge in [0.05, 0.1) is 37.4 Å². The number of nitrogens with zero attached hydrogens (tertiary/aromatic N) is 3. The number of carboxylic acids is 1. The average Bonchev–Trinajstić information content (AvgIpc) is 4.44. The predicted molar refractivity (Wildman–Crippen MR) is 291 cm³/mol. The second-order valence-corrected chi connectivity index (χ2v) is 20.0. The number of aromatic amines is 2. The predicted octanol–water partition coefficient (Wildman–Crippen LogP) is -4.93. The highest BCUT2D eigenvalue weighted by molar-refractivity contribution is 5.98. The number of amides is 10. The van der Waals surface area contributed by atoms with Crippen LogP contribution in [0.2, 0.25) is 0 Å². The lowest BCUT2D eigenvalue weighted by Crippen LogP contribution is -2.62. The van der Waals surface area contributed by atoms with E-state index < -0.39 is 138 Å². The Bertz CT molecular complexity index is 2870. The Morgan fingerprint density at radius 1 is 0.639 bits per heavy atom. The fourth-order valence-corrected chi connectivity index (χ4v) is 8.75. The van der Waals surface area contributed by atoms with Gasteiger partial charge in [0, 0.05) is 62.4 Å². The summed E-state index contributed by atoms with van der Waals surface area (Å²) in [5.74, 6) is -10.3. The Morgan fingerprint density at radius 3 is 1.67 bits per heavy atom. The molecule has 2 aromatic carbocycles. The molecule has 30 heteroatoms. The number of aromatic hydroxyl groups is 1. The number of aliphatic carboxylic acids is 1. The first-order valence-electron chi connectivity index (χ1n) is 26.5. The largest absolute Gasteiger partial charge is 0.508 e. The lowest BCUT2D eigenvalue weighted by atomic mass is 10.0. The number of phenols is 1. The van der Waals surface area contributed by atoms with Crippen molar-refractivity contribution in [2.24, 2.45) is 11.5 Å². The van der Waals surface area contributed by atoms with Crippen LogP contribution in [-0.4, -0.2) is 190 Å². The van der Waals surface area contributed by atoms with Crippen molar-refractivity contribution < 1.29 is 73.2 Å². The molecular weight excluding hydrogens is 1090 g/mol. The lowest BCUT2D eigenvalue weighted by Gasteiger charge is -2.32. The van der Waals surface area contributed by atoms with Gasteiger partial charge in [-0.25, -0.2) is 14.8 Å². The number of H-pyrrole nitrogens is 2. The molecule has 1 aliphatic rings. The van der Waals surface area contributed by atoms with Crippen molar-refractivity contribution >= 4 is 65.0 Å². The summed E-state index contributed by atoms with van der Waals surface area (Å²) in [4.78, 5) is 162. The average molecular weight is 1160 g/mol. The van der Waals surface area contributed by atoms with Crippen LogP contribution in [0.1, 0.15) is 69.0 Å². The molecule has 0 aliphatic carbocycles. The van der Waals surface area contributed by atoms with Gasteiger partial charge in [-0.15, -0.1) is 0 Å². The number of likely N-dealkylation sites (tertiary alicyclic amines) is 1. The summed E-state index contributed by atoms with van der Waals surface area (Å²) in [5.41, 5.74) is 13.0. The first kappa shape index (κ1) is 64.5. The summed E-state index contributed by atoms with van der Waals surface area (Å²) in [7, 11) is 0. The number of phenolic OH excluding ortho intramolecular Hbond substituents is 1. The summed E-state index contributed by atoms with van der Waals surface area (Å²) in [6, 6.07) is 1.12. The van der Waals surface area contributed by atoms with E-state index in [0.717, 1.165) is 11.8 Å². The van der Waals surface area contributed by atoms with E-state index in [2.05, 4.69) is 62.5 Å². The van der Waals surface area contributed by atoms with E-state index in [9.17, 15) is 73.2 Å². The van der Waals surface area contributed by atoms with Crippen LogP contribution in [-0.2, 0) is 78.4 Å². The van der Waals surface area contributed by atoms with Crippen LogP contribution in [0, 0.1) is 0 Å². The summed E-state index contributed by atoms with van der Waals surface area (Å²) in [5, 5.41) is 60.0. The summed E-state index contributed by atoms with van der Waals surface area (Å²) < 4.78 is 0. The first-order valence-corrected chi connectivity index (χ1v) is 26.5. The number of hydrogen-bond donors (Lipinski definition) is 16. The van der Waals surface area contributed by atoms with Gasteiger partial charge in [0.1, 0.15) is 48.0 Å². The number of aliphatic hydroxyl groups excluding tert-OH is 2. The molecule has 10 amide bonds. The number of nitrogens with two attached hydrogens (primary N) is 2. The molecule has 0 spiro atoms. The fourth-order valence-electron chi connectivity index (χ4n) is 8.75. The van der Waals surface area contributed by atoms with Crippen molar-refractivity contribution in [2.75, 3.05) is 13.1 Å². The minimum absolute atomic E-state index is 0.0429. The normalized spacial score (nSPS) is 16.6. The van der Waals surface area contributed by atoms with Crippen LogP contribution in [0.5, 0.6) is 5.75 Å². The van der Waals surface area contributed by atoms with Gasteiger partial charge in [-0.05, 0) is 63.3 Å². The maximum absolute atomic E-state index is 14.5. The third-order valence-electron chi connectivity index (χ3n) is 13.3. The highest BCUT2D eigenvalue weighted by Crippen LogP contribution is 2.21. The lowest BCUT2D eigenvalue weighted by molar-refractivity contribution is -0.145. The molecule has 0 saturated carbocycles. The minimum atomic E-state index is -1.73. The topological polar surface area (TPSA) is 478 Å². The van der Waals surface area contributed by atoms with Crippen LogP contribution in [0.3, 0.4) is 0 Å². The first-order chi connectivity index (χ1) is 39.4. The van der Waals surface area contributed by atoms with Gasteiger partial charge in [0.25, 0.3) is 0 Å². The zero-order valence-corrected chi connectivity index (χ0v) is 45.7. The molecule has 0 unspecified atom stereocenters. The zero-order chi connectivity index (χ0) is 60.9. The van der Waals surface area contributed by atoms with Crippen molar-refractivity contribution in [3.8, 4) is 5.75 Å². The van der Waals surface area contributed by atoms with E-state index in [1.54, 1.807) is 30.3 Å². The summed E-state index contributed by atoms with van der Waals surface area (Å²) in [6.07, 6.45) is 1.61. The molecule has 1 saturated heterocycles. The van der Waals surface area contributed by atoms with Gasteiger partial charge >= 0.3 is 5.97 Å². The maximum Gasteiger partial charge on any atom is 0.328 e. The molecule has 83 heavy (non-hydrogen) atoms. The maximum atomic E-state index is 14.5. The molecule has 30 nitrogen and oxygen atoms in total. The van der Waals surface area contributed by atoms with Crippen molar-refractivity contribution in [3.63, 3.8) is 0 Å². The van der Waals surface area contributed by atoms with Gasteiger partial charge in [-0.2, -0.15) is 0 Å². The number of primary amides is 1. The van der Waals surface area contributed by atoms with Gasteiger partial charge in [0.15, 0.2) is 6.04 Å². The Morgan fingerprint density at radius 2 is 1.14 bits per heavy atom. The molecule has 18 N–H and O–H groups in total. The molecule has 5 rings (SSSR count). The summed E-state index contributed by atoms with van der Waals surface area (Å²) in [6.45, 7) is 2.87. The standard InChI is InChI=1S/C53H71N15O15/c1-27(45(74)67-44(29(3)70)53(82)83)61-42(73)24-58-47(76)36(18-30-8-5-4-6-9-30)63-49(78)39(21-33-23-57-26-60-33)65-51(80)40-10-7-17-68(40)52(81)43(28(2)69)66-50(79)37(19-31-11-13-34(71)14-12-31)64-48(77)38(20-32-22-56-25-59-32)62-46(75)35(54)15-16-41(55)72/h4-6,8-9,11-14,22-23,25-29,35-40,43-44,69-71H,7,10,15-21,24,54H2,1-3H3,(H2,55,72)(H,56,59)(H,57,60)(H,58,76)(H,61,73)(H,62,75)(H,63,78)(H,64,77)(H,65,80)(H,66,79)(H,67,74)(H,82,83)/t27-,28+,29+,35-,36-,37-,38-,39-,40-,43-,44-/m0/s1. The van der Waals surface area contributed by atoms with Crippen molar-refractivity contribution in [2.45, 2.75) is 139 Å². The third-order valence-corrected chi connectivity index (χ3v) is 13.3. The van der Waals surface area contributed by atoms with Gasteiger partial charge in [-0.3, -0.25) is 47.9 Å². The number of carbonyl (C=O) groups is 11. The van der Waals surface area contributed by atoms with E-state index in [1.807, 2.05) is 0 Å². The number of nitrogens with one attached hydrogen (secondary N) is 10. The molecule has 0 bridgehead atoms. The highest BCUT2D eigenvalue weighted by atomic mass is 16.4. The Balaban J connectivity index is 1.32. The number of benzene rings is 2. The molecule has 0 radical (unpaired) electrons. The second-order valence-electron chi connectivity index (χ2n) is 20.0. The number of rotatable bonds is 31. The van der Waals surface area contributed by atoms with Crippen molar-refractivity contribution in [1.29, 1.82) is 0 Å². The molecule has 1 aliphatic heterocycles. The van der Waals surface area contributed by atoms with E-state index in [4.69, 9.17) is 11.5 Å². The smallest absolute Gasteiger partial charge is 0.328 e. The van der Waals surface area contributed by atoms with Crippen LogP contribution >= 0.6 is 0 Å². The van der Waals surface area contributed by atoms with Crippen LogP contribution in [0.25, 0.3) is 0 Å². The van der Waals surface area contributed by atoms with Gasteiger partial charge in [0.2, 0.25) is 59.1 Å². The quantitative estimate of drug-likeness (QED) is 0.0224. The van der Waals surface area contributed by atoms with Crippen LogP contribution in [0.15, 0.2) is 79.6 Å². The molecule has 11 atom stereocenters. The fraction of sp³-hybridized carbons (Fsp3) is 0.453. The molecule has 2 aromatic heterocycles. The number of aliphatic hydroxyl groups is 2. The zero-order valence-electron chi connectivity index (χ0n) is 45.7. The third kappa shape index (κ3) is 20.0. The number of aromatic nitrogens is 4. The van der Waals surface area contributed by atoms with Crippen LogP contribution < -0.4 is 54.0 Å². The Kier molecular flexibility index (Phi) is 24.2. The van der Waals surface area contributed by atoms with Crippen molar-refractivity contribution in [3.05, 3.63) is 102 Å². The van der Waals surface area contributed by atoms with E-state index in [-0.39, 0.29) is 63.7 Å². The number of imidazole rings is 2. The molecule has 448 valence electrons. The molecular formula is C53H71N15O15. The van der Waals surface area contributed by atoms with E-state index in [1.165, 1.54) is 63.2 Å². The highest BCUT2D eigenvalue weighted by Gasteiger charge is 2.42. The number of carboxylic acid groups (broad SMARTS) is 1. The molecule has 1 fully saturated rings. The molecule has 4 aromatic rings. The Hall–Kier alpha value is -9.29. The van der Waals surface area contributed by atoms with Gasteiger partial charge < -0.3 is 89.3 Å². The van der Waals surface area contributed by atoms with Crippen LogP contribution in [0.4, 0.5) is 0 Å². The monoisotopic (exact) mass is 1160 g/mol. The molecule has 3 heterocycles. The number of carbonyl (C=O) groups excluding carboxylic acids is 10. The van der Waals surface area contributed by atoms with E-state index in [0.29, 0.717) is 22.5 Å². The summed E-state index contributed by atoms with van der Waals surface area (Å²) >= 11 is 0. The Labute approximate surface area is 475 Å². The number of hydrogen-bond acceptors (Lipinski definition) is 17. The van der Waals surface area contributed by atoms with Crippen molar-refractivity contribution in [1.82, 2.24) is 67.4 Å². The van der Waals surface area contributed by atoms with Gasteiger partial charge in [-0.1, -0.05) is 42.5 Å². The minimum Gasteiger partial charge on any atom is -0.508 e. The van der Waals surface area contributed by atoms with E-state index >= 15 is 0 Å². The second kappa shape index (κ2) is 31.1. The SMILES string of the molecule is C[C@H](NC(=O)CNC(=O)[C@H](Cc1ccccc1)NC(=O)[C@H](Cc1cnc[nH]1)NC(=O)[C@@H]1CCCN1C(=O)[C@@H](NC(=O)[C@H](Cc1ccc(O)cc1)NC(=O)[C@H](Cc1cnc[nH]1)NC(=O)[C@@H](N)CCC(N)=O)[C@@H](C)O)C(=O)N[C@H](C(=O)O)[C@@H](C)O.